The second kappa shape index (κ2) is 7.10. The second-order valence-corrected chi connectivity index (χ2v) is 7.90. The number of hydrogen-bond acceptors (Lipinski definition) is 4. The molecular formula is C27H19N3O2. The highest BCUT2D eigenvalue weighted by molar-refractivity contribution is 6.10. The molecule has 0 bridgehead atoms. The van der Waals surface area contributed by atoms with E-state index >= 15 is 0 Å². The van der Waals surface area contributed by atoms with Gasteiger partial charge in [0.1, 0.15) is 17.0 Å². The molecule has 0 saturated heterocycles. The molecule has 1 heterocycles. The van der Waals surface area contributed by atoms with Crippen molar-refractivity contribution in [2.45, 2.75) is 6.54 Å². The molecule has 0 spiro atoms. The van der Waals surface area contributed by atoms with Gasteiger partial charge in [-0.3, -0.25) is 0 Å². The highest BCUT2D eigenvalue weighted by atomic mass is 16.3. The highest BCUT2D eigenvalue weighted by Gasteiger charge is 2.20. The zero-order chi connectivity index (χ0) is 21.7. The van der Waals surface area contributed by atoms with Crippen LogP contribution in [0.5, 0.6) is 11.5 Å². The van der Waals surface area contributed by atoms with Gasteiger partial charge in [-0.05, 0) is 45.8 Å². The predicted molar refractivity (Wildman–Crippen MR) is 127 cm³/mol. The number of aromatic nitrogens is 3. The van der Waals surface area contributed by atoms with Crippen LogP contribution in [0.1, 0.15) is 5.56 Å². The van der Waals surface area contributed by atoms with Crippen molar-refractivity contribution in [3.8, 4) is 22.6 Å². The molecule has 1 aromatic heterocycles. The summed E-state index contributed by atoms with van der Waals surface area (Å²) in [5.41, 5.74) is 3.66. The SMILES string of the molecule is Oc1ccc2ccccc2c1-c1c(O)c(Cn2nnc3ccccc32)cc2ccccc12. The van der Waals surface area contributed by atoms with Gasteiger partial charge in [0.2, 0.25) is 0 Å². The van der Waals surface area contributed by atoms with E-state index in [0.717, 1.165) is 32.6 Å². The number of nitrogens with zero attached hydrogens (tertiary/aromatic N) is 3. The van der Waals surface area contributed by atoms with Crippen LogP contribution in [0.4, 0.5) is 0 Å². The maximum Gasteiger partial charge on any atom is 0.129 e. The average molecular weight is 417 g/mol. The average Bonchev–Trinajstić information content (AvgIpc) is 3.23. The Morgan fingerprint density at radius 1 is 0.688 bits per heavy atom. The van der Waals surface area contributed by atoms with Gasteiger partial charge in [-0.1, -0.05) is 71.9 Å². The van der Waals surface area contributed by atoms with Gasteiger partial charge in [0, 0.05) is 16.7 Å². The molecule has 5 aromatic carbocycles. The van der Waals surface area contributed by atoms with Crippen LogP contribution in [0.3, 0.4) is 0 Å². The Morgan fingerprint density at radius 2 is 1.38 bits per heavy atom. The van der Waals surface area contributed by atoms with E-state index in [9.17, 15) is 10.2 Å². The van der Waals surface area contributed by atoms with E-state index in [1.54, 1.807) is 10.7 Å². The summed E-state index contributed by atoms with van der Waals surface area (Å²) in [4.78, 5) is 0. The Bertz CT molecular complexity index is 1640. The number of benzene rings is 5. The zero-order valence-corrected chi connectivity index (χ0v) is 17.1. The molecule has 0 radical (unpaired) electrons. The van der Waals surface area contributed by atoms with Crippen molar-refractivity contribution in [3.63, 3.8) is 0 Å². The van der Waals surface area contributed by atoms with E-state index in [0.29, 0.717) is 23.2 Å². The van der Waals surface area contributed by atoms with E-state index in [1.165, 1.54) is 0 Å². The molecule has 6 rings (SSSR count). The third kappa shape index (κ3) is 2.79. The molecule has 5 heteroatoms. The summed E-state index contributed by atoms with van der Waals surface area (Å²) in [5.74, 6) is 0.266. The van der Waals surface area contributed by atoms with E-state index in [4.69, 9.17) is 0 Å². The fourth-order valence-corrected chi connectivity index (χ4v) is 4.49. The minimum Gasteiger partial charge on any atom is -0.507 e. The Kier molecular flexibility index (Phi) is 4.08. The molecule has 0 unspecified atom stereocenters. The molecule has 32 heavy (non-hydrogen) atoms. The Morgan fingerprint density at radius 3 is 2.22 bits per heavy atom. The van der Waals surface area contributed by atoms with Crippen LogP contribution >= 0.6 is 0 Å². The maximum absolute atomic E-state index is 11.5. The lowest BCUT2D eigenvalue weighted by Crippen LogP contribution is -2.03. The Labute approximate surface area is 183 Å². The first-order valence-corrected chi connectivity index (χ1v) is 10.4. The van der Waals surface area contributed by atoms with Crippen LogP contribution in [0, 0.1) is 0 Å². The number of hydrogen-bond donors (Lipinski definition) is 2. The van der Waals surface area contributed by atoms with Crippen molar-refractivity contribution in [1.82, 2.24) is 15.0 Å². The van der Waals surface area contributed by atoms with Gasteiger partial charge in [-0.2, -0.15) is 0 Å². The lowest BCUT2D eigenvalue weighted by molar-refractivity contribution is 0.463. The number of fused-ring (bicyclic) bond motifs is 3. The molecule has 154 valence electrons. The van der Waals surface area contributed by atoms with E-state index in [1.807, 2.05) is 84.9 Å². The molecule has 0 amide bonds. The van der Waals surface area contributed by atoms with Crippen LogP contribution in [0.2, 0.25) is 0 Å². The molecule has 0 aliphatic carbocycles. The number of aromatic hydroxyl groups is 2. The van der Waals surface area contributed by atoms with Gasteiger partial charge in [-0.15, -0.1) is 5.10 Å². The van der Waals surface area contributed by atoms with Gasteiger partial charge in [0.25, 0.3) is 0 Å². The molecule has 5 nitrogen and oxygen atoms in total. The van der Waals surface area contributed by atoms with Crippen LogP contribution in [-0.2, 0) is 6.54 Å². The number of phenolic OH excluding ortho intramolecular Hbond substituents is 2. The summed E-state index contributed by atoms with van der Waals surface area (Å²) in [6.45, 7) is 0.357. The molecule has 6 aromatic rings. The normalized spacial score (nSPS) is 11.5. The van der Waals surface area contributed by atoms with Gasteiger partial charge >= 0.3 is 0 Å². The van der Waals surface area contributed by atoms with E-state index < -0.39 is 0 Å². The van der Waals surface area contributed by atoms with Crippen molar-refractivity contribution in [3.05, 3.63) is 96.6 Å². The van der Waals surface area contributed by atoms with Crippen LogP contribution in [0.15, 0.2) is 91.0 Å². The fourth-order valence-electron chi connectivity index (χ4n) is 4.49. The second-order valence-electron chi connectivity index (χ2n) is 7.90. The number of rotatable bonds is 3. The summed E-state index contributed by atoms with van der Waals surface area (Å²) < 4.78 is 1.78. The summed E-state index contributed by atoms with van der Waals surface area (Å²) in [7, 11) is 0. The minimum absolute atomic E-state index is 0.132. The first-order valence-electron chi connectivity index (χ1n) is 10.4. The standard InChI is InChI=1S/C27H19N3O2/c31-24-14-13-17-7-1-3-9-20(17)25(24)26-21-10-4-2-8-18(21)15-19(27(26)32)16-30-23-12-6-5-11-22(23)28-29-30/h1-15,31-32H,16H2. The Balaban J connectivity index is 1.65. The molecule has 2 N–H and O–H groups in total. The van der Waals surface area contributed by atoms with E-state index in [-0.39, 0.29) is 11.5 Å². The van der Waals surface area contributed by atoms with Crippen LogP contribution in [-0.4, -0.2) is 25.2 Å². The molecule has 0 aliphatic heterocycles. The van der Waals surface area contributed by atoms with Crippen molar-refractivity contribution >= 4 is 32.6 Å². The maximum atomic E-state index is 11.5. The first kappa shape index (κ1) is 18.4. The highest BCUT2D eigenvalue weighted by Crippen LogP contribution is 2.46. The Hall–Kier alpha value is -4.38. The number of phenols is 2. The summed E-state index contributed by atoms with van der Waals surface area (Å²) in [6, 6.07) is 29.1. The minimum atomic E-state index is 0.132. The quantitative estimate of drug-likeness (QED) is 0.378. The van der Waals surface area contributed by atoms with Gasteiger partial charge in [-0.25, -0.2) is 4.68 Å². The van der Waals surface area contributed by atoms with Gasteiger partial charge < -0.3 is 10.2 Å². The summed E-state index contributed by atoms with van der Waals surface area (Å²) in [6.07, 6.45) is 0. The lowest BCUT2D eigenvalue weighted by Gasteiger charge is -2.17. The summed E-state index contributed by atoms with van der Waals surface area (Å²) in [5, 5.41) is 34.7. The molecule has 0 fully saturated rings. The largest absolute Gasteiger partial charge is 0.507 e. The van der Waals surface area contributed by atoms with Crippen LogP contribution < -0.4 is 0 Å². The van der Waals surface area contributed by atoms with Crippen molar-refractivity contribution in [2.24, 2.45) is 0 Å². The molecular weight excluding hydrogens is 398 g/mol. The lowest BCUT2D eigenvalue weighted by atomic mass is 9.90. The third-order valence-electron chi connectivity index (χ3n) is 6.00. The molecule has 0 atom stereocenters. The topological polar surface area (TPSA) is 71.2 Å². The summed E-state index contributed by atoms with van der Waals surface area (Å²) >= 11 is 0. The van der Waals surface area contributed by atoms with Crippen molar-refractivity contribution in [1.29, 1.82) is 0 Å². The van der Waals surface area contributed by atoms with Crippen LogP contribution in [0.25, 0.3) is 43.7 Å². The third-order valence-corrected chi connectivity index (χ3v) is 6.00. The number of para-hydroxylation sites is 1. The zero-order valence-electron chi connectivity index (χ0n) is 17.1. The molecule has 0 saturated carbocycles. The van der Waals surface area contributed by atoms with Crippen molar-refractivity contribution < 1.29 is 10.2 Å². The predicted octanol–water partition coefficient (Wildman–Crippen LogP) is 5.86. The monoisotopic (exact) mass is 417 g/mol. The van der Waals surface area contributed by atoms with E-state index in [2.05, 4.69) is 10.3 Å². The molecule has 0 aliphatic rings. The first-order chi connectivity index (χ1) is 15.7. The van der Waals surface area contributed by atoms with Gasteiger partial charge in [0.05, 0.1) is 12.1 Å². The van der Waals surface area contributed by atoms with Gasteiger partial charge in [0.15, 0.2) is 0 Å². The van der Waals surface area contributed by atoms with Crippen molar-refractivity contribution in [2.75, 3.05) is 0 Å². The smallest absolute Gasteiger partial charge is 0.129 e. The fraction of sp³-hybridized carbons (Fsp3) is 0.0370.